The zero-order chi connectivity index (χ0) is 12.0. The van der Waals surface area contributed by atoms with E-state index in [0.29, 0.717) is 12.4 Å². The van der Waals surface area contributed by atoms with Gasteiger partial charge in [0.25, 0.3) is 0 Å². The molecule has 90 valence electrons. The van der Waals surface area contributed by atoms with Crippen LogP contribution in [0.2, 0.25) is 0 Å². The summed E-state index contributed by atoms with van der Waals surface area (Å²) in [7, 11) is 3.48. The second-order valence-corrected chi connectivity index (χ2v) is 3.57. The molecule has 0 bridgehead atoms. The molecule has 0 aliphatic rings. The van der Waals surface area contributed by atoms with E-state index in [2.05, 4.69) is 27.5 Å². The fraction of sp³-hybridized carbons (Fsp3) is 0.600. The average molecular weight is 225 g/mol. The van der Waals surface area contributed by atoms with E-state index in [-0.39, 0.29) is 12.0 Å². The van der Waals surface area contributed by atoms with E-state index >= 15 is 0 Å². The zero-order valence-electron chi connectivity index (χ0n) is 9.95. The lowest BCUT2D eigenvalue weighted by Gasteiger charge is -2.14. The molecule has 0 aliphatic carbocycles. The van der Waals surface area contributed by atoms with Crippen LogP contribution in [0.4, 0.5) is 17.6 Å². The molecule has 16 heavy (non-hydrogen) atoms. The first-order valence-electron chi connectivity index (χ1n) is 5.23. The van der Waals surface area contributed by atoms with Gasteiger partial charge in [0.15, 0.2) is 0 Å². The molecule has 0 amide bonds. The largest absolute Gasteiger partial charge is 0.385 e. The van der Waals surface area contributed by atoms with Crippen LogP contribution in [0, 0.1) is 0 Å². The quantitative estimate of drug-likeness (QED) is 0.668. The molecule has 6 nitrogen and oxygen atoms in total. The molecule has 0 aliphatic heterocycles. The number of nitrogens with two attached hydrogens (primary N) is 1. The molecule has 1 aromatic heterocycles. The molecule has 0 aromatic carbocycles. The number of nitrogens with one attached hydrogen (secondary N) is 2. The van der Waals surface area contributed by atoms with Crippen molar-refractivity contribution in [2.45, 2.75) is 19.4 Å². The highest BCUT2D eigenvalue weighted by atomic mass is 16.5. The van der Waals surface area contributed by atoms with Crippen LogP contribution in [-0.2, 0) is 4.74 Å². The molecule has 0 radical (unpaired) electrons. The molecule has 0 saturated heterocycles. The summed E-state index contributed by atoms with van der Waals surface area (Å²) >= 11 is 0. The van der Waals surface area contributed by atoms with Crippen LogP contribution in [0.25, 0.3) is 0 Å². The minimum atomic E-state index is 0.258. The third-order valence-corrected chi connectivity index (χ3v) is 2.15. The number of hydrogen-bond acceptors (Lipinski definition) is 6. The molecular weight excluding hydrogens is 206 g/mol. The van der Waals surface area contributed by atoms with E-state index in [0.717, 1.165) is 12.2 Å². The number of methoxy groups -OCH3 is 1. The van der Waals surface area contributed by atoms with E-state index in [1.807, 2.05) is 6.07 Å². The van der Waals surface area contributed by atoms with Crippen LogP contribution in [0.5, 0.6) is 0 Å². The van der Waals surface area contributed by atoms with Gasteiger partial charge in [0, 0.05) is 32.9 Å². The highest BCUT2D eigenvalue weighted by Gasteiger charge is 2.05. The summed E-state index contributed by atoms with van der Waals surface area (Å²) < 4.78 is 5.01. The molecular formula is C10H19N5O. The van der Waals surface area contributed by atoms with Gasteiger partial charge in [-0.05, 0) is 13.3 Å². The maximum atomic E-state index is 5.58. The highest BCUT2D eigenvalue weighted by molar-refractivity contribution is 5.50. The Morgan fingerprint density at radius 1 is 1.44 bits per heavy atom. The summed E-state index contributed by atoms with van der Waals surface area (Å²) in [5.74, 6) is 1.68. The van der Waals surface area contributed by atoms with Crippen LogP contribution in [0.3, 0.4) is 0 Å². The maximum absolute atomic E-state index is 5.58. The first kappa shape index (κ1) is 12.5. The van der Waals surface area contributed by atoms with Gasteiger partial charge in [0.2, 0.25) is 5.95 Å². The monoisotopic (exact) mass is 225 g/mol. The van der Waals surface area contributed by atoms with Crippen molar-refractivity contribution >= 4 is 17.6 Å². The van der Waals surface area contributed by atoms with Crippen molar-refractivity contribution in [3.63, 3.8) is 0 Å². The van der Waals surface area contributed by atoms with Gasteiger partial charge in [-0.1, -0.05) is 0 Å². The fourth-order valence-electron chi connectivity index (χ4n) is 1.29. The average Bonchev–Trinajstić information content (AvgIpc) is 2.25. The standard InChI is InChI=1S/C10H19N5O/c1-7(4-5-16-3)13-9-6-8(12-2)14-10(11)15-9/h6-7H,4-5H2,1-3H3,(H4,11,12,13,14,15). The first-order valence-corrected chi connectivity index (χ1v) is 5.23. The second-order valence-electron chi connectivity index (χ2n) is 3.57. The molecule has 1 aromatic rings. The van der Waals surface area contributed by atoms with Crippen molar-refractivity contribution in [2.75, 3.05) is 37.1 Å². The second kappa shape index (κ2) is 6.12. The predicted molar refractivity (Wildman–Crippen MR) is 65.6 cm³/mol. The topological polar surface area (TPSA) is 85.1 Å². The Labute approximate surface area is 95.6 Å². The van der Waals surface area contributed by atoms with Gasteiger partial charge in [0.05, 0.1) is 0 Å². The Hall–Kier alpha value is -1.56. The van der Waals surface area contributed by atoms with Gasteiger partial charge in [0.1, 0.15) is 11.6 Å². The molecule has 1 unspecified atom stereocenters. The van der Waals surface area contributed by atoms with Crippen molar-refractivity contribution in [3.8, 4) is 0 Å². The lowest BCUT2D eigenvalue weighted by atomic mass is 10.2. The number of ether oxygens (including phenoxy) is 1. The molecule has 0 saturated carbocycles. The summed E-state index contributed by atoms with van der Waals surface area (Å²) in [6.45, 7) is 2.78. The van der Waals surface area contributed by atoms with Gasteiger partial charge in [-0.2, -0.15) is 9.97 Å². The van der Waals surface area contributed by atoms with Crippen molar-refractivity contribution in [1.82, 2.24) is 9.97 Å². The van der Waals surface area contributed by atoms with Crippen LogP contribution in [0.1, 0.15) is 13.3 Å². The Morgan fingerprint density at radius 2 is 2.12 bits per heavy atom. The van der Waals surface area contributed by atoms with Gasteiger partial charge in [-0.3, -0.25) is 0 Å². The number of nitrogen functional groups attached to an aromatic ring is 1. The summed E-state index contributed by atoms with van der Waals surface area (Å²) in [5, 5.41) is 6.17. The summed E-state index contributed by atoms with van der Waals surface area (Å²) in [6.07, 6.45) is 0.912. The molecule has 1 heterocycles. The molecule has 6 heteroatoms. The van der Waals surface area contributed by atoms with Gasteiger partial charge in [-0.15, -0.1) is 0 Å². The van der Waals surface area contributed by atoms with E-state index in [9.17, 15) is 0 Å². The van der Waals surface area contributed by atoms with Gasteiger partial charge >= 0.3 is 0 Å². The minimum absolute atomic E-state index is 0.258. The molecule has 1 rings (SSSR count). The van der Waals surface area contributed by atoms with E-state index in [1.54, 1.807) is 14.2 Å². The van der Waals surface area contributed by atoms with Crippen molar-refractivity contribution in [1.29, 1.82) is 0 Å². The van der Waals surface area contributed by atoms with Crippen LogP contribution < -0.4 is 16.4 Å². The number of aromatic nitrogens is 2. The summed E-state index contributed by atoms with van der Waals surface area (Å²) in [4.78, 5) is 8.12. The number of anilines is 3. The van der Waals surface area contributed by atoms with Gasteiger partial charge in [-0.25, -0.2) is 0 Å². The summed E-state index contributed by atoms with van der Waals surface area (Å²) in [6, 6.07) is 2.10. The van der Waals surface area contributed by atoms with Crippen molar-refractivity contribution in [3.05, 3.63) is 6.07 Å². The first-order chi connectivity index (χ1) is 7.65. The zero-order valence-corrected chi connectivity index (χ0v) is 9.95. The Balaban J connectivity index is 2.61. The lowest BCUT2D eigenvalue weighted by molar-refractivity contribution is 0.191. The van der Waals surface area contributed by atoms with E-state index in [4.69, 9.17) is 10.5 Å². The Morgan fingerprint density at radius 3 is 2.75 bits per heavy atom. The SMILES string of the molecule is CNc1cc(NC(C)CCOC)nc(N)n1. The van der Waals surface area contributed by atoms with Crippen molar-refractivity contribution < 1.29 is 4.74 Å². The number of rotatable bonds is 6. The normalized spacial score (nSPS) is 12.2. The van der Waals surface area contributed by atoms with Crippen molar-refractivity contribution in [2.24, 2.45) is 0 Å². The highest BCUT2D eigenvalue weighted by Crippen LogP contribution is 2.13. The predicted octanol–water partition coefficient (Wildman–Crippen LogP) is 0.937. The smallest absolute Gasteiger partial charge is 0.223 e. The third kappa shape index (κ3) is 3.90. The van der Waals surface area contributed by atoms with Crippen LogP contribution >= 0.6 is 0 Å². The molecule has 0 spiro atoms. The Kier molecular flexibility index (Phi) is 4.78. The number of hydrogen-bond donors (Lipinski definition) is 3. The van der Waals surface area contributed by atoms with Crippen LogP contribution in [0.15, 0.2) is 6.07 Å². The van der Waals surface area contributed by atoms with Gasteiger partial charge < -0.3 is 21.1 Å². The number of nitrogens with zero attached hydrogens (tertiary/aromatic N) is 2. The maximum Gasteiger partial charge on any atom is 0.223 e. The van der Waals surface area contributed by atoms with Crippen LogP contribution in [-0.4, -0.2) is 36.8 Å². The molecule has 4 N–H and O–H groups in total. The molecule has 1 atom stereocenters. The molecule has 0 fully saturated rings. The summed E-state index contributed by atoms with van der Waals surface area (Å²) in [5.41, 5.74) is 5.58. The lowest BCUT2D eigenvalue weighted by Crippen LogP contribution is -2.18. The minimum Gasteiger partial charge on any atom is -0.385 e. The van der Waals surface area contributed by atoms with E-state index in [1.165, 1.54) is 0 Å². The fourth-order valence-corrected chi connectivity index (χ4v) is 1.29. The van der Waals surface area contributed by atoms with E-state index < -0.39 is 0 Å². The third-order valence-electron chi connectivity index (χ3n) is 2.15. The Bertz CT molecular complexity index is 331.